The standard InChI is InChI=1S/C11H18N2O/c12-10-3-1-2-6-11(10,13)9-4-7-14-8-5-9/h1-3,6,9-10H,4-5,7-8,12-13H2. The number of hydrogen-bond donors (Lipinski definition) is 2. The van der Waals surface area contributed by atoms with Gasteiger partial charge < -0.3 is 16.2 Å². The van der Waals surface area contributed by atoms with E-state index in [1.807, 2.05) is 24.3 Å². The van der Waals surface area contributed by atoms with Crippen molar-refractivity contribution < 1.29 is 4.74 Å². The van der Waals surface area contributed by atoms with Crippen LogP contribution in [0.4, 0.5) is 0 Å². The van der Waals surface area contributed by atoms with Crippen molar-refractivity contribution in [1.29, 1.82) is 0 Å². The molecule has 0 aromatic carbocycles. The summed E-state index contributed by atoms with van der Waals surface area (Å²) in [6, 6.07) is -0.0596. The molecular weight excluding hydrogens is 176 g/mol. The Balaban J connectivity index is 2.13. The third-order valence-electron chi connectivity index (χ3n) is 3.32. The van der Waals surface area contributed by atoms with Gasteiger partial charge in [0.25, 0.3) is 0 Å². The van der Waals surface area contributed by atoms with Crippen molar-refractivity contribution in [3.05, 3.63) is 24.3 Å². The third-order valence-corrected chi connectivity index (χ3v) is 3.32. The van der Waals surface area contributed by atoms with Gasteiger partial charge in [-0.3, -0.25) is 0 Å². The molecule has 1 aliphatic carbocycles. The van der Waals surface area contributed by atoms with Crippen molar-refractivity contribution in [3.63, 3.8) is 0 Å². The lowest BCUT2D eigenvalue weighted by atomic mass is 9.73. The Bertz CT molecular complexity index is 256. The van der Waals surface area contributed by atoms with E-state index in [1.165, 1.54) is 0 Å². The Labute approximate surface area is 84.8 Å². The maximum absolute atomic E-state index is 6.36. The molecule has 0 aromatic heterocycles. The summed E-state index contributed by atoms with van der Waals surface area (Å²) in [6.45, 7) is 1.63. The van der Waals surface area contributed by atoms with Gasteiger partial charge in [-0.25, -0.2) is 0 Å². The Morgan fingerprint density at radius 1 is 1.21 bits per heavy atom. The van der Waals surface area contributed by atoms with E-state index in [2.05, 4.69) is 0 Å². The Morgan fingerprint density at radius 2 is 1.93 bits per heavy atom. The zero-order chi connectivity index (χ0) is 10.0. The summed E-state index contributed by atoms with van der Waals surface area (Å²) < 4.78 is 5.33. The number of ether oxygens (including phenoxy) is 1. The molecule has 1 fully saturated rings. The lowest BCUT2D eigenvalue weighted by molar-refractivity contribution is 0.0450. The second-order valence-corrected chi connectivity index (χ2v) is 4.16. The normalized spacial score (nSPS) is 38.9. The van der Waals surface area contributed by atoms with Crippen molar-refractivity contribution in [2.45, 2.75) is 24.4 Å². The fourth-order valence-electron chi connectivity index (χ4n) is 2.29. The van der Waals surface area contributed by atoms with Crippen molar-refractivity contribution in [3.8, 4) is 0 Å². The molecule has 0 spiro atoms. The molecule has 2 aliphatic rings. The van der Waals surface area contributed by atoms with Gasteiger partial charge in [0.15, 0.2) is 0 Å². The first kappa shape index (κ1) is 9.90. The van der Waals surface area contributed by atoms with Gasteiger partial charge in [0.2, 0.25) is 0 Å². The monoisotopic (exact) mass is 194 g/mol. The highest BCUT2D eigenvalue weighted by atomic mass is 16.5. The second-order valence-electron chi connectivity index (χ2n) is 4.16. The molecule has 14 heavy (non-hydrogen) atoms. The van der Waals surface area contributed by atoms with Gasteiger partial charge in [-0.2, -0.15) is 0 Å². The topological polar surface area (TPSA) is 61.3 Å². The third kappa shape index (κ3) is 1.63. The van der Waals surface area contributed by atoms with Crippen LogP contribution in [-0.4, -0.2) is 24.8 Å². The van der Waals surface area contributed by atoms with Crippen LogP contribution in [-0.2, 0) is 4.74 Å². The van der Waals surface area contributed by atoms with E-state index in [4.69, 9.17) is 16.2 Å². The van der Waals surface area contributed by atoms with E-state index < -0.39 is 0 Å². The molecule has 0 saturated carbocycles. The first-order chi connectivity index (χ1) is 6.73. The van der Waals surface area contributed by atoms with E-state index in [0.29, 0.717) is 5.92 Å². The van der Waals surface area contributed by atoms with Gasteiger partial charge in [0, 0.05) is 19.3 Å². The highest BCUT2D eigenvalue weighted by Crippen LogP contribution is 2.30. The fourth-order valence-corrected chi connectivity index (χ4v) is 2.29. The predicted octanol–water partition coefficient (Wildman–Crippen LogP) is 0.564. The first-order valence-corrected chi connectivity index (χ1v) is 5.22. The summed E-state index contributed by atoms with van der Waals surface area (Å²) in [5.74, 6) is 0.451. The summed E-state index contributed by atoms with van der Waals surface area (Å²) >= 11 is 0. The van der Waals surface area contributed by atoms with E-state index in [1.54, 1.807) is 0 Å². The van der Waals surface area contributed by atoms with Gasteiger partial charge >= 0.3 is 0 Å². The van der Waals surface area contributed by atoms with Gasteiger partial charge in [0.1, 0.15) is 0 Å². The number of rotatable bonds is 1. The van der Waals surface area contributed by atoms with Crippen LogP contribution in [0, 0.1) is 5.92 Å². The maximum Gasteiger partial charge on any atom is 0.0562 e. The molecule has 1 aliphatic heterocycles. The highest BCUT2D eigenvalue weighted by Gasteiger charge is 2.38. The molecule has 0 bridgehead atoms. The summed E-state index contributed by atoms with van der Waals surface area (Å²) in [7, 11) is 0. The van der Waals surface area contributed by atoms with Gasteiger partial charge in [0.05, 0.1) is 5.54 Å². The molecule has 2 unspecified atom stereocenters. The largest absolute Gasteiger partial charge is 0.381 e. The lowest BCUT2D eigenvalue weighted by Gasteiger charge is -2.41. The number of hydrogen-bond acceptors (Lipinski definition) is 3. The summed E-state index contributed by atoms with van der Waals surface area (Å²) in [5.41, 5.74) is 12.0. The van der Waals surface area contributed by atoms with E-state index in [-0.39, 0.29) is 11.6 Å². The summed E-state index contributed by atoms with van der Waals surface area (Å²) in [4.78, 5) is 0. The van der Waals surface area contributed by atoms with Crippen LogP contribution in [0.2, 0.25) is 0 Å². The molecule has 78 valence electrons. The van der Waals surface area contributed by atoms with Crippen LogP contribution in [0.25, 0.3) is 0 Å². The van der Waals surface area contributed by atoms with Gasteiger partial charge in [-0.1, -0.05) is 24.3 Å². The molecule has 1 heterocycles. The predicted molar refractivity (Wildman–Crippen MR) is 56.7 cm³/mol. The molecule has 2 atom stereocenters. The smallest absolute Gasteiger partial charge is 0.0562 e. The zero-order valence-corrected chi connectivity index (χ0v) is 8.36. The van der Waals surface area contributed by atoms with Crippen LogP contribution < -0.4 is 11.5 Å². The van der Waals surface area contributed by atoms with Crippen molar-refractivity contribution in [2.75, 3.05) is 13.2 Å². The van der Waals surface area contributed by atoms with Crippen LogP contribution in [0.3, 0.4) is 0 Å². The van der Waals surface area contributed by atoms with Crippen LogP contribution in [0.5, 0.6) is 0 Å². The molecule has 1 saturated heterocycles. The Hall–Kier alpha value is -0.640. The quantitative estimate of drug-likeness (QED) is 0.641. The first-order valence-electron chi connectivity index (χ1n) is 5.22. The average molecular weight is 194 g/mol. The Kier molecular flexibility index (Phi) is 2.72. The second kappa shape index (κ2) is 3.85. The van der Waals surface area contributed by atoms with Crippen molar-refractivity contribution >= 4 is 0 Å². The summed E-state index contributed by atoms with van der Waals surface area (Å²) in [5, 5.41) is 0. The molecule has 2 rings (SSSR count). The molecule has 4 N–H and O–H groups in total. The van der Waals surface area contributed by atoms with Gasteiger partial charge in [-0.15, -0.1) is 0 Å². The SMILES string of the molecule is NC1C=CC=CC1(N)C1CCOCC1. The fraction of sp³-hybridized carbons (Fsp3) is 0.636. The highest BCUT2D eigenvalue weighted by molar-refractivity contribution is 5.27. The van der Waals surface area contributed by atoms with Gasteiger partial charge in [-0.05, 0) is 18.8 Å². The Morgan fingerprint density at radius 3 is 2.57 bits per heavy atom. The zero-order valence-electron chi connectivity index (χ0n) is 8.36. The van der Waals surface area contributed by atoms with Crippen LogP contribution in [0.1, 0.15) is 12.8 Å². The van der Waals surface area contributed by atoms with Crippen molar-refractivity contribution in [2.24, 2.45) is 17.4 Å². The molecule has 3 heteroatoms. The number of nitrogens with two attached hydrogens (primary N) is 2. The molecule has 0 amide bonds. The average Bonchev–Trinajstić information content (AvgIpc) is 2.24. The minimum absolute atomic E-state index is 0.0596. The van der Waals surface area contributed by atoms with Crippen LogP contribution in [0.15, 0.2) is 24.3 Å². The van der Waals surface area contributed by atoms with E-state index >= 15 is 0 Å². The molecule has 0 radical (unpaired) electrons. The minimum Gasteiger partial charge on any atom is -0.381 e. The van der Waals surface area contributed by atoms with Crippen LogP contribution >= 0.6 is 0 Å². The van der Waals surface area contributed by atoms with E-state index in [9.17, 15) is 0 Å². The minimum atomic E-state index is -0.363. The number of allylic oxidation sites excluding steroid dienone is 2. The lowest BCUT2D eigenvalue weighted by Crippen LogP contribution is -2.59. The van der Waals surface area contributed by atoms with Crippen molar-refractivity contribution in [1.82, 2.24) is 0 Å². The molecule has 0 aromatic rings. The maximum atomic E-state index is 6.36. The molecule has 3 nitrogen and oxygen atoms in total. The molecular formula is C11H18N2O. The van der Waals surface area contributed by atoms with E-state index in [0.717, 1.165) is 26.1 Å². The summed E-state index contributed by atoms with van der Waals surface area (Å²) in [6.07, 6.45) is 10.0.